The number of amides is 1. The molecule has 138 valence electrons. The predicted octanol–water partition coefficient (Wildman–Crippen LogP) is 1.86. The number of aromatic nitrogens is 2. The molecule has 1 aromatic heterocycles. The van der Waals surface area contributed by atoms with Gasteiger partial charge in [0.2, 0.25) is 0 Å². The van der Waals surface area contributed by atoms with E-state index in [-0.39, 0.29) is 5.91 Å². The number of ether oxygens (including phenoxy) is 1. The molecule has 0 radical (unpaired) electrons. The molecule has 1 aliphatic heterocycles. The average Bonchev–Trinajstić information content (AvgIpc) is 2.98. The SMILES string of the molecule is Cc1cc(C(=O)N(CCN2CCOCC2)C[C@@H]2CC=CCC2)n(C)n1. The van der Waals surface area contributed by atoms with E-state index < -0.39 is 0 Å². The quantitative estimate of drug-likeness (QED) is 0.738. The Morgan fingerprint density at radius 1 is 1.36 bits per heavy atom. The number of hydrogen-bond donors (Lipinski definition) is 0. The fourth-order valence-electron chi connectivity index (χ4n) is 3.67. The predicted molar refractivity (Wildman–Crippen MR) is 97.6 cm³/mol. The molecule has 1 fully saturated rings. The fraction of sp³-hybridized carbons (Fsp3) is 0.684. The molecular weight excluding hydrogens is 316 g/mol. The second kappa shape index (κ2) is 8.63. The summed E-state index contributed by atoms with van der Waals surface area (Å²) in [7, 11) is 1.85. The Kier molecular flexibility index (Phi) is 6.26. The van der Waals surface area contributed by atoms with Crippen LogP contribution in [0.3, 0.4) is 0 Å². The first-order valence-electron chi connectivity index (χ1n) is 9.38. The van der Waals surface area contributed by atoms with Gasteiger partial charge in [0, 0.05) is 39.8 Å². The number of morpholine rings is 1. The zero-order chi connectivity index (χ0) is 17.6. The smallest absolute Gasteiger partial charge is 0.272 e. The van der Waals surface area contributed by atoms with Crippen LogP contribution >= 0.6 is 0 Å². The second-order valence-electron chi connectivity index (χ2n) is 7.15. The van der Waals surface area contributed by atoms with Gasteiger partial charge >= 0.3 is 0 Å². The van der Waals surface area contributed by atoms with E-state index in [0.29, 0.717) is 11.6 Å². The molecule has 1 aromatic rings. The normalized spacial score (nSPS) is 21.4. The number of aryl methyl sites for hydroxylation is 2. The van der Waals surface area contributed by atoms with Crippen molar-refractivity contribution in [3.63, 3.8) is 0 Å². The first kappa shape index (κ1) is 18.1. The molecule has 0 unspecified atom stereocenters. The maximum atomic E-state index is 13.1. The summed E-state index contributed by atoms with van der Waals surface area (Å²) in [6.07, 6.45) is 7.88. The lowest BCUT2D eigenvalue weighted by molar-refractivity contribution is 0.0313. The molecule has 3 rings (SSSR count). The Balaban J connectivity index is 1.67. The zero-order valence-electron chi connectivity index (χ0n) is 15.5. The van der Waals surface area contributed by atoms with Gasteiger partial charge in [0.05, 0.1) is 18.9 Å². The molecule has 2 heterocycles. The van der Waals surface area contributed by atoms with Crippen LogP contribution in [0.25, 0.3) is 0 Å². The van der Waals surface area contributed by atoms with Crippen LogP contribution in [0, 0.1) is 12.8 Å². The van der Waals surface area contributed by atoms with Gasteiger partial charge in [0.15, 0.2) is 0 Å². The van der Waals surface area contributed by atoms with Crippen LogP contribution in [-0.4, -0.2) is 71.4 Å². The molecule has 2 aliphatic rings. The number of carbonyl (C=O) groups excluding carboxylic acids is 1. The molecule has 0 N–H and O–H groups in total. The highest BCUT2D eigenvalue weighted by molar-refractivity contribution is 5.92. The number of nitrogens with zero attached hydrogens (tertiary/aromatic N) is 4. The number of hydrogen-bond acceptors (Lipinski definition) is 4. The minimum atomic E-state index is 0.103. The molecule has 6 heteroatoms. The third-order valence-electron chi connectivity index (χ3n) is 5.15. The molecule has 1 atom stereocenters. The zero-order valence-corrected chi connectivity index (χ0v) is 15.5. The summed E-state index contributed by atoms with van der Waals surface area (Å²) in [6.45, 7) is 7.94. The highest BCUT2D eigenvalue weighted by Gasteiger charge is 2.24. The number of rotatable bonds is 6. The van der Waals surface area contributed by atoms with Crippen LogP contribution in [0.4, 0.5) is 0 Å². The van der Waals surface area contributed by atoms with E-state index in [1.54, 1.807) is 4.68 Å². The lowest BCUT2D eigenvalue weighted by Crippen LogP contribution is -2.44. The molecule has 25 heavy (non-hydrogen) atoms. The molecule has 1 saturated heterocycles. The van der Waals surface area contributed by atoms with Gasteiger partial charge in [0.25, 0.3) is 5.91 Å². The van der Waals surface area contributed by atoms with Crippen molar-refractivity contribution in [2.24, 2.45) is 13.0 Å². The molecular formula is C19H30N4O2. The summed E-state index contributed by atoms with van der Waals surface area (Å²) < 4.78 is 7.13. The van der Waals surface area contributed by atoms with Crippen LogP contribution in [0.5, 0.6) is 0 Å². The maximum absolute atomic E-state index is 13.1. The van der Waals surface area contributed by atoms with Gasteiger partial charge in [-0.05, 0) is 38.2 Å². The summed E-state index contributed by atoms with van der Waals surface area (Å²) in [5, 5.41) is 4.34. The van der Waals surface area contributed by atoms with Crippen LogP contribution in [0.15, 0.2) is 18.2 Å². The largest absolute Gasteiger partial charge is 0.379 e. The van der Waals surface area contributed by atoms with Crippen LogP contribution in [0.2, 0.25) is 0 Å². The van der Waals surface area contributed by atoms with Crippen molar-refractivity contribution in [1.82, 2.24) is 19.6 Å². The molecule has 6 nitrogen and oxygen atoms in total. The first-order valence-corrected chi connectivity index (χ1v) is 9.38. The van der Waals surface area contributed by atoms with Gasteiger partial charge in [-0.2, -0.15) is 5.10 Å². The topological polar surface area (TPSA) is 50.6 Å². The Bertz CT molecular complexity index is 605. The van der Waals surface area contributed by atoms with E-state index in [0.717, 1.165) is 64.5 Å². The van der Waals surface area contributed by atoms with Gasteiger partial charge in [-0.3, -0.25) is 14.4 Å². The van der Waals surface area contributed by atoms with E-state index in [9.17, 15) is 4.79 Å². The summed E-state index contributed by atoms with van der Waals surface area (Å²) in [4.78, 5) is 17.6. The lowest BCUT2D eigenvalue weighted by Gasteiger charge is -2.32. The van der Waals surface area contributed by atoms with Crippen molar-refractivity contribution in [2.45, 2.75) is 26.2 Å². The van der Waals surface area contributed by atoms with Crippen LogP contribution in [-0.2, 0) is 11.8 Å². The molecule has 0 bridgehead atoms. The van der Waals surface area contributed by atoms with Crippen molar-refractivity contribution in [2.75, 3.05) is 45.9 Å². The van der Waals surface area contributed by atoms with Crippen molar-refractivity contribution >= 4 is 5.91 Å². The summed E-state index contributed by atoms with van der Waals surface area (Å²) in [6, 6.07) is 1.89. The van der Waals surface area contributed by atoms with E-state index in [1.165, 1.54) is 6.42 Å². The molecule has 0 spiro atoms. The van der Waals surface area contributed by atoms with E-state index in [4.69, 9.17) is 4.74 Å². The number of allylic oxidation sites excluding steroid dienone is 2. The summed E-state index contributed by atoms with van der Waals surface area (Å²) >= 11 is 0. The highest BCUT2D eigenvalue weighted by atomic mass is 16.5. The van der Waals surface area contributed by atoms with Crippen molar-refractivity contribution in [3.8, 4) is 0 Å². The summed E-state index contributed by atoms with van der Waals surface area (Å²) in [5.41, 5.74) is 1.57. The molecule has 1 amide bonds. The molecule has 0 saturated carbocycles. The van der Waals surface area contributed by atoms with Gasteiger partial charge in [-0.15, -0.1) is 0 Å². The second-order valence-corrected chi connectivity index (χ2v) is 7.15. The van der Waals surface area contributed by atoms with Crippen molar-refractivity contribution < 1.29 is 9.53 Å². The minimum Gasteiger partial charge on any atom is -0.379 e. The van der Waals surface area contributed by atoms with Crippen LogP contribution in [0.1, 0.15) is 35.4 Å². The minimum absolute atomic E-state index is 0.103. The molecule has 1 aliphatic carbocycles. The average molecular weight is 346 g/mol. The fourth-order valence-corrected chi connectivity index (χ4v) is 3.67. The Morgan fingerprint density at radius 2 is 2.16 bits per heavy atom. The monoisotopic (exact) mass is 346 g/mol. The van der Waals surface area contributed by atoms with Gasteiger partial charge in [-0.1, -0.05) is 12.2 Å². The summed E-state index contributed by atoms with van der Waals surface area (Å²) in [5.74, 6) is 0.666. The lowest BCUT2D eigenvalue weighted by atomic mass is 9.94. The maximum Gasteiger partial charge on any atom is 0.272 e. The Labute approximate surface area is 150 Å². The Hall–Kier alpha value is -1.66. The van der Waals surface area contributed by atoms with Gasteiger partial charge in [-0.25, -0.2) is 0 Å². The van der Waals surface area contributed by atoms with E-state index in [2.05, 4.69) is 22.2 Å². The van der Waals surface area contributed by atoms with E-state index in [1.807, 2.05) is 24.9 Å². The third-order valence-corrected chi connectivity index (χ3v) is 5.15. The van der Waals surface area contributed by atoms with Crippen molar-refractivity contribution in [3.05, 3.63) is 29.6 Å². The van der Waals surface area contributed by atoms with Crippen molar-refractivity contribution in [1.29, 1.82) is 0 Å². The van der Waals surface area contributed by atoms with Crippen LogP contribution < -0.4 is 0 Å². The third kappa shape index (κ3) is 4.92. The molecule has 0 aromatic carbocycles. The highest BCUT2D eigenvalue weighted by Crippen LogP contribution is 2.20. The van der Waals surface area contributed by atoms with E-state index >= 15 is 0 Å². The van der Waals surface area contributed by atoms with Gasteiger partial charge in [0.1, 0.15) is 5.69 Å². The van der Waals surface area contributed by atoms with Gasteiger partial charge < -0.3 is 9.64 Å². The Morgan fingerprint density at radius 3 is 2.80 bits per heavy atom. The number of carbonyl (C=O) groups is 1. The standard InChI is InChI=1S/C19H30N4O2/c1-16-14-18(21(2)20-16)19(24)23(15-17-6-4-3-5-7-17)9-8-22-10-12-25-13-11-22/h3-4,14,17H,5-13,15H2,1-2H3/t17-/m1/s1. The first-order chi connectivity index (χ1) is 12.1.